The number of aromatic nitrogens is 2. The molecule has 134 valence electrons. The molecule has 1 aromatic heterocycles. The topological polar surface area (TPSA) is 59.1 Å². The number of nitrogens with zero attached hydrogens (tertiary/aromatic N) is 2. The summed E-state index contributed by atoms with van der Waals surface area (Å²) in [5, 5.41) is 6.55. The lowest BCUT2D eigenvalue weighted by Gasteiger charge is -2.11. The van der Waals surface area contributed by atoms with Crippen molar-refractivity contribution in [3.63, 3.8) is 0 Å². The van der Waals surface area contributed by atoms with Gasteiger partial charge >= 0.3 is 0 Å². The molecule has 0 bridgehead atoms. The minimum Gasteiger partial charge on any atom is -0.491 e. The average molecular weight is 348 g/mol. The van der Waals surface area contributed by atoms with Crippen LogP contribution in [0, 0.1) is 0 Å². The van der Waals surface area contributed by atoms with E-state index in [0.717, 1.165) is 30.2 Å². The number of benzene rings is 2. The summed E-state index contributed by atoms with van der Waals surface area (Å²) < 4.78 is 5.65. The van der Waals surface area contributed by atoms with E-state index in [9.17, 15) is 0 Å². The smallest absolute Gasteiger partial charge is 0.229 e. The molecule has 5 nitrogen and oxygen atoms in total. The van der Waals surface area contributed by atoms with E-state index in [1.165, 1.54) is 5.56 Å². The Balaban J connectivity index is 1.55. The second-order valence-corrected chi connectivity index (χ2v) is 6.24. The van der Waals surface area contributed by atoms with Crippen LogP contribution in [-0.4, -0.2) is 22.6 Å². The SMILES string of the molecule is CC(C)Oc1ccc(Nc2nccc(NCCc3ccccc3)n2)cc1. The van der Waals surface area contributed by atoms with Crippen molar-refractivity contribution >= 4 is 17.5 Å². The van der Waals surface area contributed by atoms with Crippen molar-refractivity contribution in [1.82, 2.24) is 9.97 Å². The first-order valence-electron chi connectivity index (χ1n) is 8.83. The molecule has 2 aromatic carbocycles. The summed E-state index contributed by atoms with van der Waals surface area (Å²) >= 11 is 0. The standard InChI is InChI=1S/C21H24N4O/c1-16(2)26-19-10-8-18(9-11-19)24-21-23-15-13-20(25-21)22-14-12-17-6-4-3-5-7-17/h3-11,13,15-16H,12,14H2,1-2H3,(H2,22,23,24,25). The third-order valence-corrected chi connectivity index (χ3v) is 3.70. The molecule has 3 aromatic rings. The zero-order chi connectivity index (χ0) is 18.2. The molecule has 0 aliphatic heterocycles. The van der Waals surface area contributed by atoms with Gasteiger partial charge in [0.1, 0.15) is 11.6 Å². The molecule has 0 aliphatic carbocycles. The summed E-state index contributed by atoms with van der Waals surface area (Å²) in [6.45, 7) is 4.84. The molecule has 0 saturated carbocycles. The third-order valence-electron chi connectivity index (χ3n) is 3.70. The lowest BCUT2D eigenvalue weighted by molar-refractivity contribution is 0.242. The van der Waals surface area contributed by atoms with Crippen LogP contribution in [0.15, 0.2) is 66.9 Å². The Labute approximate surface area is 154 Å². The Kier molecular flexibility index (Phi) is 6.04. The van der Waals surface area contributed by atoms with E-state index in [0.29, 0.717) is 5.95 Å². The van der Waals surface area contributed by atoms with Crippen LogP contribution in [0.3, 0.4) is 0 Å². The van der Waals surface area contributed by atoms with Crippen LogP contribution in [0.25, 0.3) is 0 Å². The minimum absolute atomic E-state index is 0.163. The van der Waals surface area contributed by atoms with Crippen LogP contribution in [0.5, 0.6) is 5.75 Å². The summed E-state index contributed by atoms with van der Waals surface area (Å²) in [6.07, 6.45) is 2.86. The molecule has 0 saturated heterocycles. The van der Waals surface area contributed by atoms with Crippen LogP contribution in [0.4, 0.5) is 17.5 Å². The van der Waals surface area contributed by atoms with E-state index < -0.39 is 0 Å². The number of anilines is 3. The van der Waals surface area contributed by atoms with Gasteiger partial charge in [-0.05, 0) is 56.2 Å². The normalized spacial score (nSPS) is 10.6. The maximum absolute atomic E-state index is 5.65. The fourth-order valence-electron chi connectivity index (χ4n) is 2.52. The van der Waals surface area contributed by atoms with Gasteiger partial charge in [-0.25, -0.2) is 4.98 Å². The zero-order valence-corrected chi connectivity index (χ0v) is 15.1. The van der Waals surface area contributed by atoms with Crippen molar-refractivity contribution in [2.24, 2.45) is 0 Å². The molecule has 0 aliphatic rings. The molecule has 0 radical (unpaired) electrons. The van der Waals surface area contributed by atoms with E-state index in [-0.39, 0.29) is 6.10 Å². The molecule has 0 fully saturated rings. The summed E-state index contributed by atoms with van der Waals surface area (Å²) in [5.41, 5.74) is 2.22. The number of rotatable bonds is 8. The number of hydrogen-bond donors (Lipinski definition) is 2. The van der Waals surface area contributed by atoms with Crippen LogP contribution in [0.1, 0.15) is 19.4 Å². The van der Waals surface area contributed by atoms with Crippen molar-refractivity contribution in [2.75, 3.05) is 17.2 Å². The van der Waals surface area contributed by atoms with Gasteiger partial charge in [-0.3, -0.25) is 0 Å². The van der Waals surface area contributed by atoms with Crippen molar-refractivity contribution < 1.29 is 4.74 Å². The van der Waals surface area contributed by atoms with Gasteiger partial charge in [0, 0.05) is 18.4 Å². The first-order chi connectivity index (χ1) is 12.7. The lowest BCUT2D eigenvalue weighted by Crippen LogP contribution is -2.08. The first-order valence-corrected chi connectivity index (χ1v) is 8.83. The summed E-state index contributed by atoms with van der Waals surface area (Å²) in [4.78, 5) is 8.78. The molecule has 0 amide bonds. The largest absolute Gasteiger partial charge is 0.491 e. The van der Waals surface area contributed by atoms with E-state index in [2.05, 4.69) is 44.9 Å². The van der Waals surface area contributed by atoms with Gasteiger partial charge in [-0.2, -0.15) is 4.98 Å². The Bertz CT molecular complexity index is 804. The van der Waals surface area contributed by atoms with Gasteiger partial charge in [-0.15, -0.1) is 0 Å². The molecule has 0 atom stereocenters. The van der Waals surface area contributed by atoms with Crippen LogP contribution in [-0.2, 0) is 6.42 Å². The molecular weight excluding hydrogens is 324 g/mol. The van der Waals surface area contributed by atoms with Crippen LogP contribution in [0.2, 0.25) is 0 Å². The van der Waals surface area contributed by atoms with E-state index in [1.807, 2.05) is 50.2 Å². The Hall–Kier alpha value is -3.08. The number of hydrogen-bond acceptors (Lipinski definition) is 5. The maximum atomic E-state index is 5.65. The Morgan fingerprint density at radius 1 is 0.962 bits per heavy atom. The second kappa shape index (κ2) is 8.85. The third kappa shape index (κ3) is 5.48. The molecule has 1 heterocycles. The second-order valence-electron chi connectivity index (χ2n) is 6.24. The van der Waals surface area contributed by atoms with E-state index >= 15 is 0 Å². The summed E-state index contributed by atoms with van der Waals surface area (Å²) in [7, 11) is 0. The highest BCUT2D eigenvalue weighted by Crippen LogP contribution is 2.19. The molecule has 3 rings (SSSR count). The van der Waals surface area contributed by atoms with Gasteiger partial charge in [0.05, 0.1) is 6.10 Å². The fraction of sp³-hybridized carbons (Fsp3) is 0.238. The molecule has 0 unspecified atom stereocenters. The van der Waals surface area contributed by atoms with Gasteiger partial charge in [0.15, 0.2) is 0 Å². The Morgan fingerprint density at radius 2 is 1.73 bits per heavy atom. The van der Waals surface area contributed by atoms with Gasteiger partial charge in [-0.1, -0.05) is 30.3 Å². The quantitative estimate of drug-likeness (QED) is 0.620. The maximum Gasteiger partial charge on any atom is 0.229 e. The fourth-order valence-corrected chi connectivity index (χ4v) is 2.52. The van der Waals surface area contributed by atoms with Crippen LogP contribution < -0.4 is 15.4 Å². The predicted octanol–water partition coefficient (Wildman–Crippen LogP) is 4.66. The van der Waals surface area contributed by atoms with Crippen molar-refractivity contribution in [1.29, 1.82) is 0 Å². The average Bonchev–Trinajstić information content (AvgIpc) is 2.64. The van der Waals surface area contributed by atoms with Gasteiger partial charge in [0.2, 0.25) is 5.95 Å². The molecule has 26 heavy (non-hydrogen) atoms. The Morgan fingerprint density at radius 3 is 2.46 bits per heavy atom. The molecular formula is C21H24N4O. The zero-order valence-electron chi connectivity index (χ0n) is 15.1. The highest BCUT2D eigenvalue weighted by Gasteiger charge is 2.02. The first kappa shape index (κ1) is 17.7. The molecule has 0 spiro atoms. The van der Waals surface area contributed by atoms with Gasteiger partial charge in [0.25, 0.3) is 0 Å². The van der Waals surface area contributed by atoms with Crippen molar-refractivity contribution in [3.8, 4) is 5.75 Å². The molecule has 2 N–H and O–H groups in total. The molecule has 5 heteroatoms. The predicted molar refractivity (Wildman–Crippen MR) is 106 cm³/mol. The minimum atomic E-state index is 0.163. The highest BCUT2D eigenvalue weighted by molar-refractivity contribution is 5.55. The lowest BCUT2D eigenvalue weighted by atomic mass is 10.1. The van der Waals surface area contributed by atoms with Crippen LogP contribution >= 0.6 is 0 Å². The van der Waals surface area contributed by atoms with E-state index in [1.54, 1.807) is 6.20 Å². The number of ether oxygens (including phenoxy) is 1. The van der Waals surface area contributed by atoms with E-state index in [4.69, 9.17) is 4.74 Å². The number of nitrogens with one attached hydrogen (secondary N) is 2. The van der Waals surface area contributed by atoms with Crippen molar-refractivity contribution in [2.45, 2.75) is 26.4 Å². The monoisotopic (exact) mass is 348 g/mol. The highest BCUT2D eigenvalue weighted by atomic mass is 16.5. The van der Waals surface area contributed by atoms with Gasteiger partial charge < -0.3 is 15.4 Å². The summed E-state index contributed by atoms with van der Waals surface area (Å²) in [6, 6.07) is 20.0. The summed E-state index contributed by atoms with van der Waals surface area (Å²) in [5.74, 6) is 2.22. The van der Waals surface area contributed by atoms with Crippen molar-refractivity contribution in [3.05, 3.63) is 72.4 Å².